The molecule has 4 heteroatoms. The molecule has 2 rings (SSSR count). The van der Waals surface area contributed by atoms with Gasteiger partial charge in [0.2, 0.25) is 0 Å². The van der Waals surface area contributed by atoms with Crippen molar-refractivity contribution < 1.29 is 0 Å². The molecule has 0 radical (unpaired) electrons. The molecular formula is C16H23N3S. The van der Waals surface area contributed by atoms with Crippen LogP contribution in [0.15, 0.2) is 16.8 Å². The molecule has 1 N–H and O–H groups in total. The molecule has 0 aliphatic heterocycles. The Morgan fingerprint density at radius 1 is 1.15 bits per heavy atom. The van der Waals surface area contributed by atoms with E-state index < -0.39 is 0 Å². The van der Waals surface area contributed by atoms with E-state index in [0.29, 0.717) is 12.0 Å². The standard InChI is InChI=1S/C16H23N3S/c1-10(2)17-8-11(3)15-12(4)18-16(19-13(15)5)14-6-7-20-9-14/h6-7,9-11,17H,8H2,1-5H3. The van der Waals surface area contributed by atoms with Crippen molar-refractivity contribution in [1.82, 2.24) is 15.3 Å². The lowest BCUT2D eigenvalue weighted by Gasteiger charge is -2.19. The molecule has 1 atom stereocenters. The van der Waals surface area contributed by atoms with Crippen LogP contribution in [0.2, 0.25) is 0 Å². The molecule has 0 saturated heterocycles. The Bertz CT molecular complexity index is 538. The molecule has 108 valence electrons. The summed E-state index contributed by atoms with van der Waals surface area (Å²) in [5.74, 6) is 1.27. The summed E-state index contributed by atoms with van der Waals surface area (Å²) in [6.07, 6.45) is 0. The van der Waals surface area contributed by atoms with Gasteiger partial charge in [0.1, 0.15) is 0 Å². The number of nitrogens with zero attached hydrogens (tertiary/aromatic N) is 2. The Labute approximate surface area is 125 Å². The predicted octanol–water partition coefficient (Wildman–Crippen LogP) is 3.92. The van der Waals surface area contributed by atoms with Gasteiger partial charge in [0.05, 0.1) is 0 Å². The second kappa shape index (κ2) is 6.46. The summed E-state index contributed by atoms with van der Waals surface area (Å²) in [7, 11) is 0. The number of thiophene rings is 1. The third-order valence-corrected chi connectivity index (χ3v) is 4.11. The molecule has 0 bridgehead atoms. The van der Waals surface area contributed by atoms with Crippen molar-refractivity contribution in [2.45, 2.75) is 46.6 Å². The monoisotopic (exact) mass is 289 g/mol. The highest BCUT2D eigenvalue weighted by atomic mass is 32.1. The van der Waals surface area contributed by atoms with E-state index in [1.807, 2.05) is 0 Å². The first-order valence-electron chi connectivity index (χ1n) is 7.10. The van der Waals surface area contributed by atoms with Crippen molar-refractivity contribution in [1.29, 1.82) is 0 Å². The summed E-state index contributed by atoms with van der Waals surface area (Å²) in [5.41, 5.74) is 4.58. The lowest BCUT2D eigenvalue weighted by molar-refractivity contribution is 0.544. The number of nitrogens with one attached hydrogen (secondary N) is 1. The van der Waals surface area contributed by atoms with Gasteiger partial charge in [-0.1, -0.05) is 20.8 Å². The van der Waals surface area contributed by atoms with Crippen LogP contribution in [0, 0.1) is 13.8 Å². The first-order valence-corrected chi connectivity index (χ1v) is 8.04. The Balaban J connectivity index is 2.27. The molecule has 1 unspecified atom stereocenters. The van der Waals surface area contributed by atoms with Crippen LogP contribution >= 0.6 is 11.3 Å². The van der Waals surface area contributed by atoms with Crippen molar-refractivity contribution in [3.8, 4) is 11.4 Å². The maximum Gasteiger partial charge on any atom is 0.160 e. The molecule has 0 aliphatic carbocycles. The van der Waals surface area contributed by atoms with Gasteiger partial charge in [0.25, 0.3) is 0 Å². The summed E-state index contributed by atoms with van der Waals surface area (Å²) < 4.78 is 0. The molecule has 2 heterocycles. The van der Waals surface area contributed by atoms with Crippen molar-refractivity contribution >= 4 is 11.3 Å². The van der Waals surface area contributed by atoms with Crippen LogP contribution in [-0.4, -0.2) is 22.6 Å². The normalized spacial score (nSPS) is 12.9. The van der Waals surface area contributed by atoms with Gasteiger partial charge in [0, 0.05) is 34.9 Å². The summed E-state index contributed by atoms with van der Waals surface area (Å²) in [5, 5.41) is 7.64. The lowest BCUT2D eigenvalue weighted by Crippen LogP contribution is -2.27. The fourth-order valence-electron chi connectivity index (χ4n) is 2.47. The van der Waals surface area contributed by atoms with Crippen LogP contribution < -0.4 is 5.32 Å². The number of aromatic nitrogens is 2. The van der Waals surface area contributed by atoms with Crippen molar-refractivity contribution in [2.24, 2.45) is 0 Å². The number of hydrogen-bond donors (Lipinski definition) is 1. The highest BCUT2D eigenvalue weighted by molar-refractivity contribution is 7.08. The molecular weight excluding hydrogens is 266 g/mol. The lowest BCUT2D eigenvalue weighted by atomic mass is 9.97. The molecule has 0 amide bonds. The fraction of sp³-hybridized carbons (Fsp3) is 0.500. The van der Waals surface area contributed by atoms with Crippen molar-refractivity contribution in [3.63, 3.8) is 0 Å². The van der Waals surface area contributed by atoms with E-state index in [1.54, 1.807) is 11.3 Å². The van der Waals surface area contributed by atoms with E-state index in [1.165, 1.54) is 5.56 Å². The average Bonchev–Trinajstić information content (AvgIpc) is 2.89. The minimum absolute atomic E-state index is 0.425. The van der Waals surface area contributed by atoms with E-state index in [0.717, 1.165) is 29.3 Å². The van der Waals surface area contributed by atoms with Gasteiger partial charge in [-0.25, -0.2) is 9.97 Å². The van der Waals surface area contributed by atoms with E-state index in [2.05, 4.69) is 56.8 Å². The Hall–Kier alpha value is -1.26. The third-order valence-electron chi connectivity index (χ3n) is 3.43. The topological polar surface area (TPSA) is 37.8 Å². The molecule has 0 aromatic carbocycles. The van der Waals surface area contributed by atoms with E-state index >= 15 is 0 Å². The van der Waals surface area contributed by atoms with Crippen LogP contribution in [-0.2, 0) is 0 Å². The minimum Gasteiger partial charge on any atom is -0.314 e. The zero-order valence-electron chi connectivity index (χ0n) is 12.9. The van der Waals surface area contributed by atoms with E-state index in [9.17, 15) is 0 Å². The van der Waals surface area contributed by atoms with Crippen molar-refractivity contribution in [3.05, 3.63) is 33.8 Å². The molecule has 20 heavy (non-hydrogen) atoms. The zero-order valence-corrected chi connectivity index (χ0v) is 13.7. The van der Waals surface area contributed by atoms with Crippen LogP contribution in [0.5, 0.6) is 0 Å². The first-order chi connectivity index (χ1) is 9.49. The van der Waals surface area contributed by atoms with E-state index in [-0.39, 0.29) is 0 Å². The Kier molecular flexibility index (Phi) is 4.89. The summed E-state index contributed by atoms with van der Waals surface area (Å²) in [4.78, 5) is 9.38. The number of hydrogen-bond acceptors (Lipinski definition) is 4. The van der Waals surface area contributed by atoms with Crippen LogP contribution in [0.3, 0.4) is 0 Å². The van der Waals surface area contributed by atoms with E-state index in [4.69, 9.17) is 9.97 Å². The SMILES string of the molecule is Cc1nc(-c2ccsc2)nc(C)c1C(C)CNC(C)C. The molecule has 0 aliphatic rings. The summed E-state index contributed by atoms with van der Waals surface area (Å²) in [6.45, 7) is 11.7. The second-order valence-electron chi connectivity index (χ2n) is 5.61. The van der Waals surface area contributed by atoms with Crippen molar-refractivity contribution in [2.75, 3.05) is 6.54 Å². The van der Waals surface area contributed by atoms with Gasteiger partial charge in [-0.3, -0.25) is 0 Å². The molecule has 2 aromatic rings. The first kappa shape index (κ1) is 15.1. The summed E-state index contributed by atoms with van der Waals surface area (Å²) >= 11 is 1.68. The maximum absolute atomic E-state index is 4.69. The van der Waals surface area contributed by atoms with Crippen LogP contribution in [0.4, 0.5) is 0 Å². The Morgan fingerprint density at radius 2 is 1.80 bits per heavy atom. The smallest absolute Gasteiger partial charge is 0.160 e. The maximum atomic E-state index is 4.69. The zero-order chi connectivity index (χ0) is 14.7. The van der Waals surface area contributed by atoms with Gasteiger partial charge in [-0.2, -0.15) is 11.3 Å². The molecule has 2 aromatic heterocycles. The van der Waals surface area contributed by atoms with Gasteiger partial charge in [-0.15, -0.1) is 0 Å². The Morgan fingerprint density at radius 3 is 2.30 bits per heavy atom. The van der Waals surface area contributed by atoms with Gasteiger partial charge in [-0.05, 0) is 36.8 Å². The molecule has 0 spiro atoms. The highest BCUT2D eigenvalue weighted by Crippen LogP contribution is 2.25. The minimum atomic E-state index is 0.425. The molecule has 0 fully saturated rings. The van der Waals surface area contributed by atoms with Gasteiger partial charge < -0.3 is 5.32 Å². The predicted molar refractivity (Wildman–Crippen MR) is 86.4 cm³/mol. The average molecular weight is 289 g/mol. The van der Waals surface area contributed by atoms with Crippen LogP contribution in [0.1, 0.15) is 43.6 Å². The second-order valence-corrected chi connectivity index (χ2v) is 6.39. The van der Waals surface area contributed by atoms with Gasteiger partial charge >= 0.3 is 0 Å². The fourth-order valence-corrected chi connectivity index (χ4v) is 3.11. The quantitative estimate of drug-likeness (QED) is 0.906. The largest absolute Gasteiger partial charge is 0.314 e. The molecule has 0 saturated carbocycles. The number of aryl methyl sites for hydroxylation is 2. The van der Waals surface area contributed by atoms with Crippen LogP contribution in [0.25, 0.3) is 11.4 Å². The molecule has 3 nitrogen and oxygen atoms in total. The summed E-state index contributed by atoms with van der Waals surface area (Å²) in [6, 6.07) is 2.58. The highest BCUT2D eigenvalue weighted by Gasteiger charge is 2.16. The van der Waals surface area contributed by atoms with Gasteiger partial charge in [0.15, 0.2) is 5.82 Å². The third kappa shape index (κ3) is 3.44. The number of rotatable bonds is 5.